The Labute approximate surface area is 122 Å². The molecular weight excluding hydrogens is 276 g/mol. The minimum atomic E-state index is -3.69. The van der Waals surface area contributed by atoms with Crippen molar-refractivity contribution in [3.05, 3.63) is 35.9 Å². The van der Waals surface area contributed by atoms with Crippen LogP contribution in [0.3, 0.4) is 0 Å². The van der Waals surface area contributed by atoms with Crippen LogP contribution < -0.4 is 0 Å². The first-order valence-corrected chi connectivity index (χ1v) is 7.42. The number of nitrogens with zero attached hydrogens (tertiary/aromatic N) is 1. The van der Waals surface area contributed by atoms with Crippen molar-refractivity contribution in [2.45, 2.75) is 49.7 Å². The molecule has 1 aliphatic heterocycles. The highest BCUT2D eigenvalue weighted by molar-refractivity contribution is 5.86. The number of alkyl halides is 2. The highest BCUT2D eigenvalue weighted by Crippen LogP contribution is 2.46. The number of hydrogen-bond donors (Lipinski definition) is 1. The van der Waals surface area contributed by atoms with Crippen molar-refractivity contribution in [2.75, 3.05) is 6.54 Å². The van der Waals surface area contributed by atoms with E-state index in [1.54, 1.807) is 0 Å². The predicted octanol–water partition coefficient (Wildman–Crippen LogP) is 2.90. The summed E-state index contributed by atoms with van der Waals surface area (Å²) in [7, 11) is 0. The van der Waals surface area contributed by atoms with E-state index in [1.807, 2.05) is 30.3 Å². The van der Waals surface area contributed by atoms with E-state index in [9.17, 15) is 18.7 Å². The van der Waals surface area contributed by atoms with Crippen LogP contribution in [0.4, 0.5) is 8.78 Å². The quantitative estimate of drug-likeness (QED) is 0.931. The lowest BCUT2D eigenvalue weighted by atomic mass is 9.75. The maximum Gasteiger partial charge on any atom is 0.352 e. The highest BCUT2D eigenvalue weighted by atomic mass is 19.3. The van der Waals surface area contributed by atoms with Crippen LogP contribution >= 0.6 is 0 Å². The predicted molar refractivity (Wildman–Crippen MR) is 73.9 cm³/mol. The number of benzene rings is 1. The zero-order valence-electron chi connectivity index (χ0n) is 11.8. The number of aliphatic hydroxyl groups is 1. The smallest absolute Gasteiger partial charge is 0.352 e. The lowest BCUT2D eigenvalue weighted by Crippen LogP contribution is -2.61. The molecule has 1 saturated heterocycles. The summed E-state index contributed by atoms with van der Waals surface area (Å²) in [5.74, 6) is -4.92. The Bertz CT molecular complexity index is 528. The molecule has 1 heterocycles. The van der Waals surface area contributed by atoms with Gasteiger partial charge in [0.15, 0.2) is 0 Å². The minimum Gasteiger partial charge on any atom is -0.383 e. The van der Waals surface area contributed by atoms with Crippen LogP contribution in [-0.4, -0.2) is 34.0 Å². The Morgan fingerprint density at radius 1 is 1.24 bits per heavy atom. The van der Waals surface area contributed by atoms with Crippen molar-refractivity contribution in [1.82, 2.24) is 4.90 Å². The minimum absolute atomic E-state index is 0.00438. The Morgan fingerprint density at radius 2 is 1.90 bits per heavy atom. The summed E-state index contributed by atoms with van der Waals surface area (Å²) in [6.45, 7) is 0.323. The van der Waals surface area contributed by atoms with Crippen molar-refractivity contribution >= 4 is 5.91 Å². The van der Waals surface area contributed by atoms with Gasteiger partial charge >= 0.3 is 5.92 Å². The third-order valence-electron chi connectivity index (χ3n) is 4.73. The molecule has 1 N–H and O–H groups in total. The van der Waals surface area contributed by atoms with E-state index >= 15 is 0 Å². The summed E-state index contributed by atoms with van der Waals surface area (Å²) in [6, 6.07) is 8.94. The molecule has 1 saturated carbocycles. The summed E-state index contributed by atoms with van der Waals surface area (Å²) in [6.07, 6.45) is 1.93. The molecule has 0 aromatic heterocycles. The van der Waals surface area contributed by atoms with Gasteiger partial charge in [-0.1, -0.05) is 30.3 Å². The van der Waals surface area contributed by atoms with Crippen LogP contribution in [0.25, 0.3) is 0 Å². The van der Waals surface area contributed by atoms with Gasteiger partial charge in [-0.3, -0.25) is 4.79 Å². The van der Waals surface area contributed by atoms with E-state index in [2.05, 4.69) is 0 Å². The summed E-state index contributed by atoms with van der Waals surface area (Å²) in [5.41, 5.74) is -1.27. The van der Waals surface area contributed by atoms with Crippen LogP contribution in [0.15, 0.2) is 30.3 Å². The van der Waals surface area contributed by atoms with E-state index in [4.69, 9.17) is 0 Å². The molecule has 3 nitrogen and oxygen atoms in total. The molecule has 1 aromatic rings. The molecular formula is C16H19F2NO2. The Balaban J connectivity index is 1.83. The second kappa shape index (κ2) is 5.05. The molecule has 1 amide bonds. The van der Waals surface area contributed by atoms with Gasteiger partial charge in [-0.15, -0.1) is 0 Å². The van der Waals surface area contributed by atoms with Gasteiger partial charge in [0.05, 0.1) is 6.04 Å². The van der Waals surface area contributed by atoms with E-state index in [1.165, 1.54) is 4.90 Å². The summed E-state index contributed by atoms with van der Waals surface area (Å²) in [5, 5.41) is 9.93. The Hall–Kier alpha value is -1.49. The van der Waals surface area contributed by atoms with Crippen LogP contribution in [0.1, 0.15) is 43.7 Å². The van der Waals surface area contributed by atoms with Crippen LogP contribution in [0.2, 0.25) is 0 Å². The Morgan fingerprint density at radius 3 is 2.48 bits per heavy atom. The first-order chi connectivity index (χ1) is 9.96. The number of halogens is 2. The Kier molecular flexibility index (Phi) is 3.48. The van der Waals surface area contributed by atoms with Gasteiger partial charge in [0.25, 0.3) is 5.91 Å². The van der Waals surface area contributed by atoms with Crippen molar-refractivity contribution in [2.24, 2.45) is 0 Å². The van der Waals surface area contributed by atoms with Gasteiger partial charge in [-0.25, -0.2) is 0 Å². The normalized spacial score (nSPS) is 24.7. The number of amides is 1. The van der Waals surface area contributed by atoms with E-state index in [-0.39, 0.29) is 18.9 Å². The summed E-state index contributed by atoms with van der Waals surface area (Å²) < 4.78 is 28.7. The van der Waals surface area contributed by atoms with E-state index in [0.717, 1.165) is 5.56 Å². The van der Waals surface area contributed by atoms with Crippen molar-refractivity contribution in [1.29, 1.82) is 0 Å². The van der Waals surface area contributed by atoms with Crippen molar-refractivity contribution in [3.8, 4) is 0 Å². The SMILES string of the molecule is O=C(N1CCCC1c1ccccc1)C(F)(F)C1(O)CCC1. The third-order valence-corrected chi connectivity index (χ3v) is 4.73. The fourth-order valence-electron chi connectivity index (χ4n) is 3.24. The average molecular weight is 295 g/mol. The molecule has 21 heavy (non-hydrogen) atoms. The standard InChI is InChI=1S/C16H19F2NO2/c17-16(18,15(21)9-5-10-15)14(20)19-11-4-8-13(19)12-6-2-1-3-7-12/h1-3,6-7,13,21H,4-5,8-11H2. The fourth-order valence-corrected chi connectivity index (χ4v) is 3.24. The molecule has 5 heteroatoms. The number of carbonyl (C=O) groups excluding carboxylic acids is 1. The largest absolute Gasteiger partial charge is 0.383 e. The van der Waals surface area contributed by atoms with Crippen LogP contribution in [-0.2, 0) is 4.79 Å². The average Bonchev–Trinajstić information content (AvgIpc) is 2.93. The first kappa shape index (κ1) is 14.4. The van der Waals surface area contributed by atoms with Crippen molar-refractivity contribution in [3.63, 3.8) is 0 Å². The molecule has 1 aliphatic carbocycles. The number of rotatable bonds is 3. The second-order valence-electron chi connectivity index (χ2n) is 6.03. The molecule has 0 radical (unpaired) electrons. The first-order valence-electron chi connectivity index (χ1n) is 7.42. The zero-order chi connectivity index (χ0) is 15.1. The maximum absolute atomic E-state index is 14.3. The van der Waals surface area contributed by atoms with Gasteiger partial charge in [0.1, 0.15) is 5.60 Å². The molecule has 3 rings (SSSR count). The fraction of sp³-hybridized carbons (Fsp3) is 0.562. The van der Waals surface area contributed by atoms with Gasteiger partial charge in [0.2, 0.25) is 0 Å². The molecule has 1 aromatic carbocycles. The molecule has 0 bridgehead atoms. The van der Waals surface area contributed by atoms with E-state index < -0.39 is 17.4 Å². The third kappa shape index (κ3) is 2.24. The van der Waals surface area contributed by atoms with Gasteiger partial charge in [-0.05, 0) is 37.7 Å². The summed E-state index contributed by atoms with van der Waals surface area (Å²) >= 11 is 0. The topological polar surface area (TPSA) is 40.5 Å². The molecule has 0 spiro atoms. The maximum atomic E-state index is 14.3. The lowest BCUT2D eigenvalue weighted by molar-refractivity contribution is -0.224. The van der Waals surface area contributed by atoms with Crippen molar-refractivity contribution < 1.29 is 18.7 Å². The highest BCUT2D eigenvalue weighted by Gasteiger charge is 2.63. The number of hydrogen-bond acceptors (Lipinski definition) is 2. The van der Waals surface area contributed by atoms with Crippen LogP contribution in [0, 0.1) is 0 Å². The van der Waals surface area contributed by atoms with Crippen LogP contribution in [0.5, 0.6) is 0 Å². The number of carbonyl (C=O) groups is 1. The van der Waals surface area contributed by atoms with Gasteiger partial charge < -0.3 is 10.0 Å². The second-order valence-corrected chi connectivity index (χ2v) is 6.03. The summed E-state index contributed by atoms with van der Waals surface area (Å²) in [4.78, 5) is 13.5. The molecule has 2 aliphatic rings. The molecule has 2 fully saturated rings. The van der Waals surface area contributed by atoms with Gasteiger partial charge in [0, 0.05) is 6.54 Å². The number of likely N-dealkylation sites (tertiary alicyclic amines) is 1. The van der Waals surface area contributed by atoms with E-state index in [0.29, 0.717) is 25.8 Å². The molecule has 114 valence electrons. The lowest BCUT2D eigenvalue weighted by Gasteiger charge is -2.43. The monoisotopic (exact) mass is 295 g/mol. The molecule has 1 atom stereocenters. The molecule has 1 unspecified atom stereocenters. The zero-order valence-corrected chi connectivity index (χ0v) is 11.8. The van der Waals surface area contributed by atoms with Gasteiger partial charge in [-0.2, -0.15) is 8.78 Å².